The molecule has 158 valence electrons. The molecule has 6 aliphatic rings. The van der Waals surface area contributed by atoms with Gasteiger partial charge < -0.3 is 9.47 Å². The zero-order valence-corrected chi connectivity index (χ0v) is 18.6. The van der Waals surface area contributed by atoms with E-state index in [4.69, 9.17) is 9.47 Å². The maximum atomic E-state index is 12.3. The van der Waals surface area contributed by atoms with Gasteiger partial charge in [0, 0.05) is 34.8 Å². The fourth-order valence-corrected chi connectivity index (χ4v) is 9.94. The van der Waals surface area contributed by atoms with Gasteiger partial charge in [-0.05, 0) is 56.3 Å². The predicted octanol–water partition coefficient (Wildman–Crippen LogP) is 4.46. The Kier molecular flexibility index (Phi) is 3.72. The first-order chi connectivity index (χ1) is 13.8. The van der Waals surface area contributed by atoms with Crippen molar-refractivity contribution in [3.63, 3.8) is 0 Å². The number of epoxide rings is 1. The highest BCUT2D eigenvalue weighted by Crippen LogP contribution is 2.78. The van der Waals surface area contributed by atoms with Gasteiger partial charge in [0.25, 0.3) is 0 Å². The molecule has 8 atom stereocenters. The summed E-state index contributed by atoms with van der Waals surface area (Å²) in [6.45, 7) is 7.03. The highest BCUT2D eigenvalue weighted by atomic mass is 32.2. The lowest BCUT2D eigenvalue weighted by atomic mass is 9.46. The summed E-state index contributed by atoms with van der Waals surface area (Å²) in [5.41, 5.74) is 0.978. The Morgan fingerprint density at radius 1 is 1.17 bits per heavy atom. The van der Waals surface area contributed by atoms with Crippen LogP contribution >= 0.6 is 11.8 Å². The predicted molar refractivity (Wildman–Crippen MR) is 112 cm³/mol. The number of hydrogen-bond acceptors (Lipinski definition) is 5. The number of fused-ring (bicyclic) bond motifs is 4. The number of thioether (sulfide) groups is 1. The van der Waals surface area contributed by atoms with Crippen molar-refractivity contribution in [1.29, 1.82) is 0 Å². The molecule has 29 heavy (non-hydrogen) atoms. The second kappa shape index (κ2) is 5.70. The number of ether oxygens (including phenoxy) is 2. The van der Waals surface area contributed by atoms with Crippen molar-refractivity contribution in [1.82, 2.24) is 0 Å². The van der Waals surface area contributed by atoms with Crippen LogP contribution in [0.15, 0.2) is 11.6 Å². The summed E-state index contributed by atoms with van der Waals surface area (Å²) in [6, 6.07) is 0. The maximum Gasteiger partial charge on any atom is 0.306 e. The maximum absolute atomic E-state index is 12.3. The van der Waals surface area contributed by atoms with E-state index in [1.807, 2.05) is 6.08 Å². The highest BCUT2D eigenvalue weighted by molar-refractivity contribution is 7.99. The molecule has 6 rings (SSSR count). The monoisotopic (exact) mass is 416 g/mol. The van der Waals surface area contributed by atoms with Crippen molar-refractivity contribution < 1.29 is 19.1 Å². The van der Waals surface area contributed by atoms with E-state index in [9.17, 15) is 9.59 Å². The third kappa shape index (κ3) is 2.07. The SMILES string of the molecule is CCS[C@@H]1CC2=CC(=O)CC[C@]2(C)[C@@]23O[C@H]2C[C@@]2(C)[C@@H](CC[C@@]24CCC(=O)O4)[C@H]13. The summed E-state index contributed by atoms with van der Waals surface area (Å²) in [5, 5.41) is 0.493. The van der Waals surface area contributed by atoms with E-state index in [1.54, 1.807) is 0 Å². The van der Waals surface area contributed by atoms with Crippen LogP contribution in [0.4, 0.5) is 0 Å². The van der Waals surface area contributed by atoms with Gasteiger partial charge in [0.15, 0.2) is 5.78 Å². The average molecular weight is 417 g/mol. The Morgan fingerprint density at radius 2 is 2.00 bits per heavy atom. The molecule has 0 unspecified atom stereocenters. The molecule has 2 spiro atoms. The van der Waals surface area contributed by atoms with E-state index in [0.29, 0.717) is 35.7 Å². The van der Waals surface area contributed by atoms with Gasteiger partial charge in [-0.15, -0.1) is 0 Å². The minimum Gasteiger partial charge on any atom is -0.458 e. The molecule has 0 radical (unpaired) electrons. The van der Waals surface area contributed by atoms with Crippen LogP contribution in [0.3, 0.4) is 0 Å². The topological polar surface area (TPSA) is 55.9 Å². The number of hydrogen-bond donors (Lipinski definition) is 0. The van der Waals surface area contributed by atoms with E-state index in [0.717, 1.165) is 44.3 Å². The Hall–Kier alpha value is -0.810. The van der Waals surface area contributed by atoms with Crippen LogP contribution in [0.1, 0.15) is 72.1 Å². The Bertz CT molecular complexity index is 837. The summed E-state index contributed by atoms with van der Waals surface area (Å²) in [5.74, 6) is 2.40. The molecule has 0 aromatic heterocycles. The summed E-state index contributed by atoms with van der Waals surface area (Å²) in [7, 11) is 0. The number of carbonyl (C=O) groups is 2. The van der Waals surface area contributed by atoms with Crippen LogP contribution in [-0.4, -0.2) is 40.1 Å². The molecule has 2 saturated heterocycles. The fraction of sp³-hybridized carbons (Fsp3) is 0.833. The number of rotatable bonds is 2. The normalized spacial score (nSPS) is 54.9. The van der Waals surface area contributed by atoms with Gasteiger partial charge in [0.2, 0.25) is 0 Å². The van der Waals surface area contributed by atoms with Crippen molar-refractivity contribution in [2.45, 2.75) is 94.7 Å². The third-order valence-corrected chi connectivity index (χ3v) is 11.3. The Morgan fingerprint density at radius 3 is 2.72 bits per heavy atom. The number of ketones is 1. The molecular weight excluding hydrogens is 384 g/mol. The van der Waals surface area contributed by atoms with Gasteiger partial charge in [0.05, 0.1) is 6.10 Å². The molecular formula is C24H32O4S. The lowest BCUT2D eigenvalue weighted by Crippen LogP contribution is -2.63. The smallest absolute Gasteiger partial charge is 0.306 e. The lowest BCUT2D eigenvalue weighted by molar-refractivity contribution is -0.164. The summed E-state index contributed by atoms with van der Waals surface area (Å²) < 4.78 is 12.9. The molecule has 0 amide bonds. The third-order valence-electron chi connectivity index (χ3n) is 10.0. The molecule has 2 aliphatic heterocycles. The van der Waals surface area contributed by atoms with Crippen LogP contribution in [0.2, 0.25) is 0 Å². The molecule has 0 aromatic carbocycles. The minimum atomic E-state index is -0.270. The second-order valence-electron chi connectivity index (χ2n) is 10.8. The van der Waals surface area contributed by atoms with Crippen LogP contribution < -0.4 is 0 Å². The van der Waals surface area contributed by atoms with Gasteiger partial charge >= 0.3 is 5.97 Å². The van der Waals surface area contributed by atoms with Crippen LogP contribution in [0.25, 0.3) is 0 Å². The molecule has 5 heteroatoms. The molecule has 2 heterocycles. The van der Waals surface area contributed by atoms with E-state index in [1.165, 1.54) is 5.57 Å². The quantitative estimate of drug-likeness (QED) is 0.491. The second-order valence-corrected chi connectivity index (χ2v) is 12.3. The van der Waals surface area contributed by atoms with Gasteiger partial charge in [0.1, 0.15) is 11.2 Å². The van der Waals surface area contributed by atoms with E-state index < -0.39 is 0 Å². The van der Waals surface area contributed by atoms with Crippen molar-refractivity contribution >= 4 is 23.5 Å². The van der Waals surface area contributed by atoms with Gasteiger partial charge in [-0.1, -0.05) is 26.3 Å². The van der Waals surface area contributed by atoms with Gasteiger partial charge in [-0.25, -0.2) is 0 Å². The highest BCUT2D eigenvalue weighted by Gasteiger charge is 2.82. The first-order valence-electron chi connectivity index (χ1n) is 11.5. The summed E-state index contributed by atoms with van der Waals surface area (Å²) >= 11 is 2.06. The van der Waals surface area contributed by atoms with Crippen molar-refractivity contribution in [3.8, 4) is 0 Å². The van der Waals surface area contributed by atoms with Crippen LogP contribution in [0.5, 0.6) is 0 Å². The van der Waals surface area contributed by atoms with Crippen LogP contribution in [-0.2, 0) is 19.1 Å². The minimum absolute atomic E-state index is 0.00784. The molecule has 0 N–H and O–H groups in total. The van der Waals surface area contributed by atoms with Gasteiger partial charge in [-0.2, -0.15) is 11.8 Å². The van der Waals surface area contributed by atoms with E-state index in [2.05, 4.69) is 32.5 Å². The summed E-state index contributed by atoms with van der Waals surface area (Å²) in [6.07, 6.45) is 9.42. The number of carbonyl (C=O) groups excluding carboxylic acids is 2. The molecule has 4 aliphatic carbocycles. The van der Waals surface area contributed by atoms with Gasteiger partial charge in [-0.3, -0.25) is 9.59 Å². The first kappa shape index (κ1) is 18.9. The zero-order chi connectivity index (χ0) is 20.2. The molecule has 0 bridgehead atoms. The average Bonchev–Trinajstić information content (AvgIpc) is 3.16. The van der Waals surface area contributed by atoms with Crippen molar-refractivity contribution in [2.24, 2.45) is 22.7 Å². The van der Waals surface area contributed by atoms with E-state index in [-0.39, 0.29) is 34.1 Å². The first-order valence-corrected chi connectivity index (χ1v) is 12.6. The fourth-order valence-electron chi connectivity index (χ4n) is 8.62. The lowest BCUT2D eigenvalue weighted by Gasteiger charge is -2.59. The molecule has 5 fully saturated rings. The zero-order valence-electron chi connectivity index (χ0n) is 17.8. The molecule has 4 nitrogen and oxygen atoms in total. The van der Waals surface area contributed by atoms with E-state index >= 15 is 0 Å². The largest absolute Gasteiger partial charge is 0.458 e. The molecule has 3 saturated carbocycles. The van der Waals surface area contributed by atoms with Crippen molar-refractivity contribution in [3.05, 3.63) is 11.6 Å². The summed E-state index contributed by atoms with van der Waals surface area (Å²) in [4.78, 5) is 24.4. The standard InChI is InChI=1S/C24H32O4S/c1-4-29-17-12-14-11-15(25)5-8-21(14,2)24-18(27-24)13-22(3)16(20(17)24)6-9-23(22)10-7-19(26)28-23/h11,16-18,20H,4-10,12-13H2,1-3H3/t16-,17+,18-,20+,21-,22-,23+,24+/m0/s1. The van der Waals surface area contributed by atoms with Crippen LogP contribution in [0, 0.1) is 22.7 Å². The Balaban J connectivity index is 1.46. The molecule has 0 aromatic rings. The number of esters is 1. The van der Waals surface area contributed by atoms with Crippen molar-refractivity contribution in [2.75, 3.05) is 5.75 Å². The Labute approximate surface area is 177 Å².